The van der Waals surface area contributed by atoms with Crippen molar-refractivity contribution >= 4 is 12.2 Å². The highest BCUT2D eigenvalue weighted by atomic mass is 16.2. The first-order valence-electron chi connectivity index (χ1n) is 6.00. The lowest BCUT2D eigenvalue weighted by atomic mass is 10.1. The van der Waals surface area contributed by atoms with Gasteiger partial charge in [0.15, 0.2) is 0 Å². The van der Waals surface area contributed by atoms with Gasteiger partial charge in [-0.15, -0.1) is 0 Å². The molecule has 96 valence electrons. The van der Waals surface area contributed by atoms with Gasteiger partial charge in [0.2, 0.25) is 0 Å². The number of benzene rings is 1. The van der Waals surface area contributed by atoms with Crippen LogP contribution >= 0.6 is 0 Å². The molecule has 0 fully saturated rings. The largest absolute Gasteiger partial charge is 0.341 e. The molecule has 1 unspecified atom stereocenters. The molecule has 19 heavy (non-hydrogen) atoms. The summed E-state index contributed by atoms with van der Waals surface area (Å²) in [5.74, 6) is -0.339. The van der Waals surface area contributed by atoms with Gasteiger partial charge in [-0.05, 0) is 24.1 Å². The number of pyridine rings is 1. The maximum absolute atomic E-state index is 11.9. The van der Waals surface area contributed by atoms with Crippen LogP contribution in [0.15, 0.2) is 54.7 Å². The highest BCUT2D eigenvalue weighted by molar-refractivity contribution is 5.93. The second kappa shape index (κ2) is 6.44. The molecule has 0 aliphatic heterocycles. The van der Waals surface area contributed by atoms with Gasteiger partial charge in [-0.2, -0.15) is 0 Å². The lowest BCUT2D eigenvalue weighted by Crippen LogP contribution is -2.37. The van der Waals surface area contributed by atoms with Crippen molar-refractivity contribution in [1.29, 1.82) is 0 Å². The third kappa shape index (κ3) is 3.74. The van der Waals surface area contributed by atoms with E-state index in [0.29, 0.717) is 12.1 Å². The standard InChI is InChI=1S/C15H14N2O2/c18-11-13(10-12-6-2-1-3-7-12)17-15(19)14-8-4-5-9-16-14/h1-9,11,13H,10H2,(H,17,19). The number of carbonyl (C=O) groups is 2. The fraction of sp³-hybridized carbons (Fsp3) is 0.133. The summed E-state index contributed by atoms with van der Waals surface area (Å²) in [6.07, 6.45) is 2.76. The van der Waals surface area contributed by atoms with Crippen LogP contribution in [0.1, 0.15) is 16.1 Å². The molecule has 1 amide bonds. The molecule has 1 aromatic carbocycles. The Labute approximate surface area is 111 Å². The van der Waals surface area contributed by atoms with Crippen LogP contribution in [0.5, 0.6) is 0 Å². The van der Waals surface area contributed by atoms with Gasteiger partial charge in [0.1, 0.15) is 12.0 Å². The molecule has 2 aromatic rings. The first-order chi connectivity index (χ1) is 9.29. The molecule has 4 heteroatoms. The number of hydrogen-bond acceptors (Lipinski definition) is 3. The minimum Gasteiger partial charge on any atom is -0.341 e. The van der Waals surface area contributed by atoms with Crippen LogP contribution in [-0.4, -0.2) is 23.2 Å². The van der Waals surface area contributed by atoms with Crippen LogP contribution in [-0.2, 0) is 11.2 Å². The predicted molar refractivity (Wildman–Crippen MR) is 71.7 cm³/mol. The highest BCUT2D eigenvalue weighted by Gasteiger charge is 2.13. The van der Waals surface area contributed by atoms with E-state index in [2.05, 4.69) is 10.3 Å². The van der Waals surface area contributed by atoms with Gasteiger partial charge in [0, 0.05) is 6.20 Å². The quantitative estimate of drug-likeness (QED) is 0.825. The number of nitrogens with one attached hydrogen (secondary N) is 1. The Hall–Kier alpha value is -2.49. The third-order valence-corrected chi connectivity index (χ3v) is 2.68. The van der Waals surface area contributed by atoms with Gasteiger partial charge in [0.25, 0.3) is 5.91 Å². The molecule has 4 nitrogen and oxygen atoms in total. The summed E-state index contributed by atoms with van der Waals surface area (Å²) < 4.78 is 0. The van der Waals surface area contributed by atoms with Crippen molar-refractivity contribution in [2.45, 2.75) is 12.5 Å². The van der Waals surface area contributed by atoms with E-state index in [-0.39, 0.29) is 5.91 Å². The summed E-state index contributed by atoms with van der Waals surface area (Å²) in [5, 5.41) is 2.66. The van der Waals surface area contributed by atoms with E-state index >= 15 is 0 Å². The summed E-state index contributed by atoms with van der Waals surface area (Å²) in [4.78, 5) is 26.9. The first kappa shape index (κ1) is 13.0. The second-order valence-corrected chi connectivity index (χ2v) is 4.12. The molecule has 1 atom stereocenters. The van der Waals surface area contributed by atoms with Gasteiger partial charge in [-0.3, -0.25) is 9.78 Å². The molecular weight excluding hydrogens is 240 g/mol. The summed E-state index contributed by atoms with van der Waals surface area (Å²) >= 11 is 0. The SMILES string of the molecule is O=CC(Cc1ccccc1)NC(=O)c1ccccn1. The molecule has 0 radical (unpaired) electrons. The molecule has 0 aliphatic rings. The monoisotopic (exact) mass is 254 g/mol. The second-order valence-electron chi connectivity index (χ2n) is 4.12. The zero-order valence-corrected chi connectivity index (χ0v) is 10.3. The van der Waals surface area contributed by atoms with Crippen molar-refractivity contribution in [2.24, 2.45) is 0 Å². The van der Waals surface area contributed by atoms with Crippen molar-refractivity contribution in [3.05, 3.63) is 66.0 Å². The van der Waals surface area contributed by atoms with E-state index in [4.69, 9.17) is 0 Å². The Bertz CT molecular complexity index is 541. The van der Waals surface area contributed by atoms with Crippen LogP contribution in [0.2, 0.25) is 0 Å². The lowest BCUT2D eigenvalue weighted by Gasteiger charge is -2.12. The lowest BCUT2D eigenvalue weighted by molar-refractivity contribution is -0.109. The summed E-state index contributed by atoms with van der Waals surface area (Å²) in [7, 11) is 0. The molecule has 0 aliphatic carbocycles. The number of nitrogens with zero attached hydrogens (tertiary/aromatic N) is 1. The fourth-order valence-corrected chi connectivity index (χ4v) is 1.74. The molecule has 2 rings (SSSR count). The molecule has 1 N–H and O–H groups in total. The summed E-state index contributed by atoms with van der Waals surface area (Å²) in [6.45, 7) is 0. The first-order valence-corrected chi connectivity index (χ1v) is 6.00. The Morgan fingerprint density at radius 1 is 1.16 bits per heavy atom. The van der Waals surface area contributed by atoms with E-state index in [1.807, 2.05) is 30.3 Å². The number of carbonyl (C=O) groups excluding carboxylic acids is 2. The Kier molecular flexibility index (Phi) is 4.39. The molecule has 1 heterocycles. The van der Waals surface area contributed by atoms with E-state index < -0.39 is 6.04 Å². The minimum absolute atomic E-state index is 0.308. The molecule has 0 spiro atoms. The van der Waals surface area contributed by atoms with Gasteiger partial charge < -0.3 is 10.1 Å². The molecule has 1 aromatic heterocycles. The maximum atomic E-state index is 11.9. The van der Waals surface area contributed by atoms with Crippen LogP contribution in [0.4, 0.5) is 0 Å². The van der Waals surface area contributed by atoms with Crippen LogP contribution in [0.3, 0.4) is 0 Å². The number of hydrogen-bond donors (Lipinski definition) is 1. The number of aldehydes is 1. The summed E-state index contributed by atoms with van der Waals surface area (Å²) in [5.41, 5.74) is 1.31. The van der Waals surface area contributed by atoms with Gasteiger partial charge in [-0.25, -0.2) is 0 Å². The van der Waals surface area contributed by atoms with Crippen molar-refractivity contribution in [3.63, 3.8) is 0 Å². The molecule has 0 bridgehead atoms. The Morgan fingerprint density at radius 2 is 1.89 bits per heavy atom. The minimum atomic E-state index is -0.545. The van der Waals surface area contributed by atoms with Crippen molar-refractivity contribution in [1.82, 2.24) is 10.3 Å². The average Bonchev–Trinajstić information content (AvgIpc) is 2.48. The van der Waals surface area contributed by atoms with E-state index in [9.17, 15) is 9.59 Å². The van der Waals surface area contributed by atoms with Gasteiger partial charge in [-0.1, -0.05) is 36.4 Å². The van der Waals surface area contributed by atoms with Gasteiger partial charge in [0.05, 0.1) is 6.04 Å². The van der Waals surface area contributed by atoms with Crippen molar-refractivity contribution in [2.75, 3.05) is 0 Å². The zero-order chi connectivity index (χ0) is 13.5. The maximum Gasteiger partial charge on any atom is 0.270 e. The van der Waals surface area contributed by atoms with Gasteiger partial charge >= 0.3 is 0 Å². The third-order valence-electron chi connectivity index (χ3n) is 2.68. The normalized spacial score (nSPS) is 11.6. The topological polar surface area (TPSA) is 59.1 Å². The molecule has 0 saturated heterocycles. The highest BCUT2D eigenvalue weighted by Crippen LogP contribution is 2.03. The van der Waals surface area contributed by atoms with E-state index in [1.54, 1.807) is 24.4 Å². The average molecular weight is 254 g/mol. The van der Waals surface area contributed by atoms with Crippen molar-refractivity contribution < 1.29 is 9.59 Å². The number of amides is 1. The van der Waals surface area contributed by atoms with E-state index in [1.165, 1.54) is 0 Å². The van der Waals surface area contributed by atoms with Crippen LogP contribution in [0, 0.1) is 0 Å². The zero-order valence-electron chi connectivity index (χ0n) is 10.3. The van der Waals surface area contributed by atoms with E-state index in [0.717, 1.165) is 11.8 Å². The Morgan fingerprint density at radius 3 is 2.53 bits per heavy atom. The molecular formula is C15H14N2O2. The number of rotatable bonds is 5. The van der Waals surface area contributed by atoms with Crippen LogP contribution < -0.4 is 5.32 Å². The Balaban J connectivity index is 2.00. The fourth-order valence-electron chi connectivity index (χ4n) is 1.74. The number of aromatic nitrogens is 1. The van der Waals surface area contributed by atoms with Crippen LogP contribution in [0.25, 0.3) is 0 Å². The predicted octanol–water partition coefficient (Wildman–Crippen LogP) is 1.62. The molecule has 0 saturated carbocycles. The summed E-state index contributed by atoms with van der Waals surface area (Å²) in [6, 6.07) is 14.1. The van der Waals surface area contributed by atoms with Crippen molar-refractivity contribution in [3.8, 4) is 0 Å². The smallest absolute Gasteiger partial charge is 0.270 e.